The molecule has 0 aromatic carbocycles. The third kappa shape index (κ3) is 6.40. The maximum absolute atomic E-state index is 11.4. The van der Waals surface area contributed by atoms with Gasteiger partial charge in [0.15, 0.2) is 0 Å². The molecule has 0 saturated heterocycles. The Hall–Kier alpha value is -1.10. The second kappa shape index (κ2) is 8.10. The van der Waals surface area contributed by atoms with Crippen molar-refractivity contribution < 1.29 is 14.3 Å². The second-order valence-corrected chi connectivity index (χ2v) is 3.76. The van der Waals surface area contributed by atoms with Gasteiger partial charge in [-0.25, -0.2) is 0 Å². The van der Waals surface area contributed by atoms with Gasteiger partial charge in [-0.15, -0.1) is 0 Å². The maximum atomic E-state index is 11.4. The second-order valence-electron chi connectivity index (χ2n) is 3.76. The van der Waals surface area contributed by atoms with Crippen LogP contribution >= 0.6 is 0 Å². The minimum atomic E-state index is -0.291. The number of rotatable bonds is 7. The normalized spacial score (nSPS) is 10.6. The number of ether oxygens (including phenoxy) is 1. The summed E-state index contributed by atoms with van der Waals surface area (Å²) in [6.45, 7) is 8.87. The summed E-state index contributed by atoms with van der Waals surface area (Å²) in [5, 5.41) is 2.70. The predicted molar refractivity (Wildman–Crippen MR) is 62.0 cm³/mol. The highest BCUT2D eigenvalue weighted by Gasteiger charge is 2.17. The highest BCUT2D eigenvalue weighted by atomic mass is 16.5. The molecule has 0 aromatic rings. The van der Waals surface area contributed by atoms with Crippen LogP contribution in [-0.2, 0) is 14.3 Å². The van der Waals surface area contributed by atoms with Gasteiger partial charge in [-0.3, -0.25) is 14.5 Å². The highest BCUT2D eigenvalue weighted by Crippen LogP contribution is 1.98. The lowest BCUT2D eigenvalue weighted by Crippen LogP contribution is -2.43. The molecule has 94 valence electrons. The number of hydrogen-bond acceptors (Lipinski definition) is 4. The Labute approximate surface area is 97.1 Å². The summed E-state index contributed by atoms with van der Waals surface area (Å²) in [6.07, 6.45) is 0. The first-order chi connectivity index (χ1) is 7.51. The van der Waals surface area contributed by atoms with Crippen molar-refractivity contribution in [1.82, 2.24) is 10.2 Å². The summed E-state index contributed by atoms with van der Waals surface area (Å²) in [5.41, 5.74) is 0. The molecule has 0 radical (unpaired) electrons. The minimum Gasteiger partial charge on any atom is -0.465 e. The first-order valence-corrected chi connectivity index (χ1v) is 5.67. The quantitative estimate of drug-likeness (QED) is 0.643. The summed E-state index contributed by atoms with van der Waals surface area (Å²) in [7, 11) is 0. The van der Waals surface area contributed by atoms with Crippen LogP contribution in [0.25, 0.3) is 0 Å². The van der Waals surface area contributed by atoms with Gasteiger partial charge >= 0.3 is 5.97 Å². The number of nitrogens with one attached hydrogen (secondary N) is 1. The number of esters is 1. The average molecular weight is 230 g/mol. The Bertz CT molecular complexity index is 209. The summed E-state index contributed by atoms with van der Waals surface area (Å²) < 4.78 is 4.85. The number of carbonyl (C=O) groups excluding carboxylic acids is 2. The lowest BCUT2D eigenvalue weighted by atomic mass is 10.3. The van der Waals surface area contributed by atoms with Gasteiger partial charge in [0.1, 0.15) is 0 Å². The van der Waals surface area contributed by atoms with E-state index >= 15 is 0 Å². The molecule has 16 heavy (non-hydrogen) atoms. The average Bonchev–Trinajstić information content (AvgIpc) is 2.17. The zero-order valence-corrected chi connectivity index (χ0v) is 10.6. The van der Waals surface area contributed by atoms with Gasteiger partial charge < -0.3 is 10.1 Å². The summed E-state index contributed by atoms with van der Waals surface area (Å²) in [4.78, 5) is 24.5. The molecule has 0 bridgehead atoms. The Kier molecular flexibility index (Phi) is 7.54. The molecular weight excluding hydrogens is 208 g/mol. The monoisotopic (exact) mass is 230 g/mol. The van der Waals surface area contributed by atoms with Crippen molar-refractivity contribution in [3.63, 3.8) is 0 Å². The predicted octanol–water partition coefficient (Wildman–Crippen LogP) is 0.396. The summed E-state index contributed by atoms with van der Waals surface area (Å²) >= 11 is 0. The molecule has 0 aliphatic carbocycles. The number of likely N-dealkylation sites (N-methyl/N-ethyl adjacent to an activating group) is 1. The van der Waals surface area contributed by atoms with Crippen LogP contribution in [0.15, 0.2) is 0 Å². The molecule has 0 rings (SSSR count). The topological polar surface area (TPSA) is 58.6 Å². The van der Waals surface area contributed by atoms with Crippen LogP contribution in [0.3, 0.4) is 0 Å². The van der Waals surface area contributed by atoms with E-state index in [0.29, 0.717) is 13.2 Å². The molecule has 1 N–H and O–H groups in total. The molecule has 0 heterocycles. The Morgan fingerprint density at radius 2 is 1.88 bits per heavy atom. The number of amides is 1. The Morgan fingerprint density at radius 3 is 2.31 bits per heavy atom. The zero-order chi connectivity index (χ0) is 12.6. The van der Waals surface area contributed by atoms with Crippen molar-refractivity contribution in [2.45, 2.75) is 33.7 Å². The lowest BCUT2D eigenvalue weighted by molar-refractivity contribution is -0.145. The van der Waals surface area contributed by atoms with E-state index in [9.17, 15) is 9.59 Å². The molecule has 0 spiro atoms. The van der Waals surface area contributed by atoms with E-state index in [-0.39, 0.29) is 31.0 Å². The van der Waals surface area contributed by atoms with Crippen LogP contribution in [0, 0.1) is 0 Å². The molecule has 1 amide bonds. The van der Waals surface area contributed by atoms with E-state index < -0.39 is 0 Å². The third-order valence-corrected chi connectivity index (χ3v) is 2.09. The van der Waals surface area contributed by atoms with Crippen LogP contribution in [0.4, 0.5) is 0 Å². The van der Waals surface area contributed by atoms with E-state index in [1.54, 1.807) is 11.8 Å². The number of nitrogens with zero attached hydrogens (tertiary/aromatic N) is 1. The van der Waals surface area contributed by atoms with Crippen LogP contribution < -0.4 is 5.32 Å². The fourth-order valence-corrected chi connectivity index (χ4v) is 1.23. The standard InChI is InChI=1S/C11H22N2O3/c1-5-12-10(14)7-13(9(3)4)8-11(15)16-6-2/h9H,5-8H2,1-4H3,(H,12,14). The number of carbonyl (C=O) groups is 2. The summed E-state index contributed by atoms with van der Waals surface area (Å²) in [6, 6.07) is 0.131. The molecule has 0 aliphatic rings. The van der Waals surface area contributed by atoms with E-state index in [2.05, 4.69) is 5.32 Å². The van der Waals surface area contributed by atoms with Crippen molar-refractivity contribution in [2.75, 3.05) is 26.2 Å². The smallest absolute Gasteiger partial charge is 0.320 e. The molecule has 0 saturated carbocycles. The van der Waals surface area contributed by atoms with E-state index in [1.165, 1.54) is 0 Å². The maximum Gasteiger partial charge on any atom is 0.320 e. The third-order valence-electron chi connectivity index (χ3n) is 2.09. The van der Waals surface area contributed by atoms with Gasteiger partial charge in [-0.2, -0.15) is 0 Å². The zero-order valence-electron chi connectivity index (χ0n) is 10.6. The van der Waals surface area contributed by atoms with E-state index in [0.717, 1.165) is 0 Å². The Morgan fingerprint density at radius 1 is 1.25 bits per heavy atom. The van der Waals surface area contributed by atoms with Gasteiger partial charge in [0, 0.05) is 12.6 Å². The highest BCUT2D eigenvalue weighted by molar-refractivity contribution is 5.79. The molecule has 5 nitrogen and oxygen atoms in total. The van der Waals surface area contributed by atoms with Crippen molar-refractivity contribution >= 4 is 11.9 Å². The van der Waals surface area contributed by atoms with Crippen LogP contribution in [0.5, 0.6) is 0 Å². The van der Waals surface area contributed by atoms with Crippen LogP contribution in [0.2, 0.25) is 0 Å². The largest absolute Gasteiger partial charge is 0.465 e. The van der Waals surface area contributed by atoms with Gasteiger partial charge in [0.2, 0.25) is 5.91 Å². The van der Waals surface area contributed by atoms with Crippen molar-refractivity contribution in [1.29, 1.82) is 0 Å². The molecule has 0 fully saturated rings. The SMILES string of the molecule is CCNC(=O)CN(CC(=O)OCC)C(C)C. The molecule has 0 aromatic heterocycles. The van der Waals surface area contributed by atoms with Crippen LogP contribution in [0.1, 0.15) is 27.7 Å². The van der Waals surface area contributed by atoms with Gasteiger partial charge in [0.05, 0.1) is 19.7 Å². The molecule has 0 aliphatic heterocycles. The van der Waals surface area contributed by atoms with Gasteiger partial charge in [0.25, 0.3) is 0 Å². The number of hydrogen-bond donors (Lipinski definition) is 1. The fourth-order valence-electron chi connectivity index (χ4n) is 1.23. The molecule has 5 heteroatoms. The van der Waals surface area contributed by atoms with Gasteiger partial charge in [-0.05, 0) is 27.7 Å². The molecule has 0 atom stereocenters. The first-order valence-electron chi connectivity index (χ1n) is 5.67. The van der Waals surface area contributed by atoms with E-state index in [4.69, 9.17) is 4.74 Å². The first kappa shape index (κ1) is 14.9. The van der Waals surface area contributed by atoms with Crippen molar-refractivity contribution in [3.8, 4) is 0 Å². The molecular formula is C11H22N2O3. The fraction of sp³-hybridized carbons (Fsp3) is 0.818. The van der Waals surface area contributed by atoms with Crippen LogP contribution in [-0.4, -0.2) is 49.1 Å². The van der Waals surface area contributed by atoms with E-state index in [1.807, 2.05) is 20.8 Å². The van der Waals surface area contributed by atoms with Crippen molar-refractivity contribution in [3.05, 3.63) is 0 Å². The Balaban J connectivity index is 4.17. The lowest BCUT2D eigenvalue weighted by Gasteiger charge is -2.24. The van der Waals surface area contributed by atoms with Crippen molar-refractivity contribution in [2.24, 2.45) is 0 Å². The molecule has 0 unspecified atom stereocenters. The summed E-state index contributed by atoms with van der Waals surface area (Å²) in [5.74, 6) is -0.360. The van der Waals surface area contributed by atoms with Gasteiger partial charge in [-0.1, -0.05) is 0 Å². The minimum absolute atomic E-state index is 0.0690.